The number of rotatable bonds is 21. The first kappa shape index (κ1) is 28.5. The fourth-order valence-corrected chi connectivity index (χ4v) is 3.50. The zero-order chi connectivity index (χ0) is 21.8. The third-order valence-corrected chi connectivity index (χ3v) is 5.46. The Morgan fingerprint density at radius 3 is 1.90 bits per heavy atom. The van der Waals surface area contributed by atoms with Crippen molar-refractivity contribution in [1.82, 2.24) is 0 Å². The molecule has 8 nitrogen and oxygen atoms in total. The molecule has 0 amide bonds. The van der Waals surface area contributed by atoms with Crippen LogP contribution in [0.3, 0.4) is 0 Å². The van der Waals surface area contributed by atoms with Crippen molar-refractivity contribution in [2.24, 2.45) is 0 Å². The quantitative estimate of drug-likeness (QED) is 0.138. The van der Waals surface area contributed by atoms with Crippen LogP contribution in [0.1, 0.15) is 90.4 Å². The van der Waals surface area contributed by atoms with Gasteiger partial charge >= 0.3 is 13.8 Å². The number of aliphatic hydroxyl groups is 2. The lowest BCUT2D eigenvalue weighted by atomic mass is 10.0. The summed E-state index contributed by atoms with van der Waals surface area (Å²) in [6.45, 7) is 0.691. The zero-order valence-electron chi connectivity index (χ0n) is 17.9. The van der Waals surface area contributed by atoms with E-state index in [1.165, 1.54) is 57.8 Å². The maximum absolute atomic E-state index is 11.6. The molecule has 0 bridgehead atoms. The van der Waals surface area contributed by atoms with E-state index in [-0.39, 0.29) is 19.2 Å². The minimum Gasteiger partial charge on any atom is -0.463 e. The Kier molecular flexibility index (Phi) is 19.1. The highest BCUT2D eigenvalue weighted by atomic mass is 31.2. The lowest BCUT2D eigenvalue weighted by Gasteiger charge is -2.14. The molecule has 0 saturated heterocycles. The molecule has 0 spiro atoms. The van der Waals surface area contributed by atoms with Crippen LogP contribution in [0.4, 0.5) is 0 Å². The monoisotopic (exact) mass is 440 g/mol. The fourth-order valence-electron chi connectivity index (χ4n) is 2.76. The van der Waals surface area contributed by atoms with Crippen LogP contribution in [-0.2, 0) is 23.1 Å². The number of unbranched alkanes of at least 4 members (excludes halogenated alkanes) is 11. The van der Waals surface area contributed by atoms with Gasteiger partial charge in [0.15, 0.2) is 0 Å². The van der Waals surface area contributed by atoms with Crippen LogP contribution in [0.25, 0.3) is 0 Å². The van der Waals surface area contributed by atoms with Gasteiger partial charge in [0, 0.05) is 6.42 Å². The van der Waals surface area contributed by atoms with E-state index < -0.39 is 27.1 Å². The summed E-state index contributed by atoms with van der Waals surface area (Å²) in [5, 5.41) is 17.6. The van der Waals surface area contributed by atoms with Crippen molar-refractivity contribution in [3.63, 3.8) is 0 Å². The summed E-state index contributed by atoms with van der Waals surface area (Å²) in [7, 11) is -4.33. The van der Waals surface area contributed by atoms with Crippen molar-refractivity contribution in [2.45, 2.75) is 96.5 Å². The van der Waals surface area contributed by atoms with E-state index in [9.17, 15) is 14.3 Å². The van der Waals surface area contributed by atoms with Crippen LogP contribution in [0, 0.1) is 0 Å². The van der Waals surface area contributed by atoms with Crippen molar-refractivity contribution < 1.29 is 38.3 Å². The lowest BCUT2D eigenvalue weighted by molar-refractivity contribution is -0.144. The maximum atomic E-state index is 11.6. The summed E-state index contributed by atoms with van der Waals surface area (Å²) < 4.78 is 25.5. The largest absolute Gasteiger partial charge is 0.472 e. The smallest absolute Gasteiger partial charge is 0.463 e. The minimum absolute atomic E-state index is 0.145. The number of phosphoric ester groups is 1. The van der Waals surface area contributed by atoms with Gasteiger partial charge in [0.25, 0.3) is 0 Å². The number of carbonyl (C=O) groups excluding carboxylic acids is 1. The molecule has 29 heavy (non-hydrogen) atoms. The second kappa shape index (κ2) is 19.5. The predicted octanol–water partition coefficient (Wildman–Crippen LogP) is 4.11. The Bertz CT molecular complexity index is 433. The molecule has 0 saturated carbocycles. The van der Waals surface area contributed by atoms with Crippen LogP contribution in [0.15, 0.2) is 0 Å². The summed E-state index contributed by atoms with van der Waals surface area (Å²) in [5.41, 5.74) is 0. The van der Waals surface area contributed by atoms with Gasteiger partial charge in [0.1, 0.15) is 12.7 Å². The van der Waals surface area contributed by atoms with Crippen molar-refractivity contribution >= 4 is 13.8 Å². The first-order valence-corrected chi connectivity index (χ1v) is 12.5. The van der Waals surface area contributed by atoms with Gasteiger partial charge in [-0.15, -0.1) is 0 Å². The van der Waals surface area contributed by atoms with Gasteiger partial charge in [-0.2, -0.15) is 0 Å². The van der Waals surface area contributed by atoms with Crippen LogP contribution in [0.5, 0.6) is 0 Å². The number of ether oxygens (including phenoxy) is 1. The van der Waals surface area contributed by atoms with Gasteiger partial charge in [-0.1, -0.05) is 77.6 Å². The van der Waals surface area contributed by atoms with Crippen LogP contribution >= 0.6 is 7.82 Å². The minimum atomic E-state index is -4.33. The van der Waals surface area contributed by atoms with E-state index in [1.807, 2.05) is 0 Å². The Balaban J connectivity index is 3.43. The molecule has 9 heteroatoms. The van der Waals surface area contributed by atoms with Crippen molar-refractivity contribution in [3.8, 4) is 0 Å². The molecule has 0 aliphatic carbocycles. The predicted molar refractivity (Wildman–Crippen MR) is 111 cm³/mol. The van der Waals surface area contributed by atoms with Crippen LogP contribution in [-0.4, -0.2) is 53.6 Å². The van der Waals surface area contributed by atoms with Crippen molar-refractivity contribution in [2.75, 3.05) is 26.4 Å². The SMILES string of the molecule is CCCCCCCCCCCCCCC(=O)OCCOP(=O)(O)OC[C@@H](O)CO. The molecule has 0 radical (unpaired) electrons. The van der Waals surface area contributed by atoms with Gasteiger partial charge in [0.2, 0.25) is 0 Å². The Morgan fingerprint density at radius 1 is 0.862 bits per heavy atom. The van der Waals surface area contributed by atoms with Crippen LogP contribution < -0.4 is 0 Å². The number of esters is 1. The van der Waals surface area contributed by atoms with Gasteiger partial charge in [-0.3, -0.25) is 13.8 Å². The molecular formula is C20H41O8P. The number of hydrogen-bond acceptors (Lipinski definition) is 7. The topological polar surface area (TPSA) is 123 Å². The van der Waals surface area contributed by atoms with Gasteiger partial charge in [0.05, 0.1) is 19.8 Å². The molecule has 174 valence electrons. The third kappa shape index (κ3) is 20.5. The Labute approximate surface area is 175 Å². The molecular weight excluding hydrogens is 399 g/mol. The molecule has 0 aromatic carbocycles. The van der Waals surface area contributed by atoms with Crippen molar-refractivity contribution in [1.29, 1.82) is 0 Å². The number of phosphoric acid groups is 1. The van der Waals surface area contributed by atoms with Gasteiger partial charge < -0.3 is 19.8 Å². The first-order valence-electron chi connectivity index (χ1n) is 11.0. The molecule has 0 rings (SSSR count). The molecule has 0 fully saturated rings. The molecule has 0 heterocycles. The Hall–Kier alpha value is -0.500. The lowest BCUT2D eigenvalue weighted by Crippen LogP contribution is -2.19. The molecule has 1 unspecified atom stereocenters. The number of aliphatic hydroxyl groups excluding tert-OH is 2. The van der Waals surface area contributed by atoms with Gasteiger partial charge in [-0.05, 0) is 6.42 Å². The average molecular weight is 441 g/mol. The normalized spacial score (nSPS) is 14.5. The molecule has 3 N–H and O–H groups in total. The van der Waals surface area contributed by atoms with Gasteiger partial charge in [-0.25, -0.2) is 4.57 Å². The maximum Gasteiger partial charge on any atom is 0.472 e. The standard InChI is InChI=1S/C20H41O8P/c1-2-3-4-5-6-7-8-9-10-11-12-13-14-20(23)26-15-16-27-29(24,25)28-18-19(22)17-21/h19,21-22H,2-18H2,1H3,(H,24,25)/t19-/m0/s1. The highest BCUT2D eigenvalue weighted by Crippen LogP contribution is 2.42. The van der Waals surface area contributed by atoms with Crippen molar-refractivity contribution in [3.05, 3.63) is 0 Å². The average Bonchev–Trinajstić information content (AvgIpc) is 2.70. The molecule has 0 aliphatic heterocycles. The second-order valence-corrected chi connectivity index (χ2v) is 8.75. The summed E-state index contributed by atoms with van der Waals surface area (Å²) in [6, 6.07) is 0. The fraction of sp³-hybridized carbons (Fsp3) is 0.950. The molecule has 0 aliphatic rings. The van der Waals surface area contributed by atoms with E-state index in [0.717, 1.165) is 19.3 Å². The highest BCUT2D eigenvalue weighted by molar-refractivity contribution is 7.47. The summed E-state index contributed by atoms with van der Waals surface area (Å²) in [5.74, 6) is -0.356. The summed E-state index contributed by atoms with van der Waals surface area (Å²) in [6.07, 6.45) is 13.8. The molecule has 0 aromatic rings. The van der Waals surface area contributed by atoms with E-state index in [0.29, 0.717) is 6.42 Å². The number of hydrogen-bond donors (Lipinski definition) is 3. The van der Waals surface area contributed by atoms with E-state index >= 15 is 0 Å². The molecule has 0 aromatic heterocycles. The first-order chi connectivity index (χ1) is 13.9. The summed E-state index contributed by atoms with van der Waals surface area (Å²) >= 11 is 0. The van der Waals surface area contributed by atoms with Crippen LogP contribution in [0.2, 0.25) is 0 Å². The second-order valence-electron chi connectivity index (χ2n) is 7.29. The Morgan fingerprint density at radius 2 is 1.38 bits per heavy atom. The highest BCUT2D eigenvalue weighted by Gasteiger charge is 2.22. The zero-order valence-corrected chi connectivity index (χ0v) is 18.8. The van der Waals surface area contributed by atoms with E-state index in [2.05, 4.69) is 16.0 Å². The van der Waals surface area contributed by atoms with E-state index in [1.54, 1.807) is 0 Å². The summed E-state index contributed by atoms with van der Waals surface area (Å²) in [4.78, 5) is 20.9. The molecule has 2 atom stereocenters. The van der Waals surface area contributed by atoms with E-state index in [4.69, 9.17) is 14.9 Å². The number of carbonyl (C=O) groups is 1. The third-order valence-electron chi connectivity index (χ3n) is 4.48.